The summed E-state index contributed by atoms with van der Waals surface area (Å²) >= 11 is 0. The number of imidazole rings is 1. The quantitative estimate of drug-likeness (QED) is 0.401. The van der Waals surface area contributed by atoms with Gasteiger partial charge in [-0.2, -0.15) is 0 Å². The molecule has 0 fully saturated rings. The van der Waals surface area contributed by atoms with E-state index >= 15 is 0 Å². The first-order valence-electron chi connectivity index (χ1n) is 10.9. The molecule has 1 aliphatic heterocycles. The van der Waals surface area contributed by atoms with E-state index in [4.69, 9.17) is 19.2 Å². The number of nitrogens with one attached hydrogen (secondary N) is 1. The number of benzene rings is 3. The number of allylic oxidation sites excluding steroid dienone is 2. The zero-order chi connectivity index (χ0) is 23.8. The Hall–Kier alpha value is -4.26. The van der Waals surface area contributed by atoms with Crippen LogP contribution in [-0.2, 0) is 0 Å². The molecule has 0 saturated carbocycles. The summed E-state index contributed by atoms with van der Waals surface area (Å²) in [4.78, 5) is 18.7. The number of carbonyl (C=O) groups excluding carboxylic acids is 1. The zero-order valence-electron chi connectivity index (χ0n) is 19.5. The van der Waals surface area contributed by atoms with Gasteiger partial charge in [0.05, 0.1) is 38.4 Å². The summed E-state index contributed by atoms with van der Waals surface area (Å²) in [6, 6.07) is 20.5. The molecule has 3 aromatic carbocycles. The van der Waals surface area contributed by atoms with E-state index in [0.717, 1.165) is 22.3 Å². The van der Waals surface area contributed by atoms with E-state index in [0.29, 0.717) is 34.3 Å². The number of aromatic nitrogens is 2. The van der Waals surface area contributed by atoms with E-state index in [1.165, 1.54) is 0 Å². The van der Waals surface area contributed by atoms with Crippen LogP contribution in [0.3, 0.4) is 0 Å². The third-order valence-electron chi connectivity index (χ3n) is 6.11. The van der Waals surface area contributed by atoms with Crippen LogP contribution in [0.25, 0.3) is 11.0 Å². The largest absolute Gasteiger partial charge is 0.493 e. The number of para-hydroxylation sites is 2. The summed E-state index contributed by atoms with van der Waals surface area (Å²) in [5.74, 6) is 2.14. The van der Waals surface area contributed by atoms with Crippen LogP contribution in [0.4, 0.5) is 5.95 Å². The molecule has 5 rings (SSSR count). The Balaban J connectivity index is 1.80. The van der Waals surface area contributed by atoms with Crippen LogP contribution < -0.4 is 19.5 Å². The standard InChI is InChI=1S/C27H25N3O4/c1-16-23(25(31)17-10-6-5-7-11-17)24(18-14-21(32-2)26(34-4)22(15-18)33-3)30-20-13-9-8-12-19(20)29-27(30)28-16/h5-15,24H,1-4H3,(H,28,29)/t24-/m0/s1. The number of rotatable bonds is 6. The molecule has 1 aromatic heterocycles. The molecule has 0 radical (unpaired) electrons. The average molecular weight is 456 g/mol. The Bertz CT molecular complexity index is 1400. The van der Waals surface area contributed by atoms with Crippen molar-refractivity contribution < 1.29 is 19.0 Å². The highest BCUT2D eigenvalue weighted by Crippen LogP contribution is 2.45. The predicted octanol–water partition coefficient (Wildman–Crippen LogP) is 5.23. The molecule has 0 aliphatic carbocycles. The normalized spacial score (nSPS) is 15.0. The van der Waals surface area contributed by atoms with Crippen LogP contribution in [0.5, 0.6) is 17.2 Å². The lowest BCUT2D eigenvalue weighted by atomic mass is 9.89. The number of ketones is 1. The summed E-state index contributed by atoms with van der Waals surface area (Å²) in [6.45, 7) is 1.91. The summed E-state index contributed by atoms with van der Waals surface area (Å²) in [5.41, 5.74) is 4.55. The first-order valence-corrected chi connectivity index (χ1v) is 10.9. The number of methoxy groups -OCH3 is 3. The van der Waals surface area contributed by atoms with Gasteiger partial charge < -0.3 is 19.5 Å². The first-order chi connectivity index (χ1) is 16.6. The van der Waals surface area contributed by atoms with Crippen molar-refractivity contribution in [2.45, 2.75) is 13.0 Å². The first kappa shape index (κ1) is 21.6. The highest BCUT2D eigenvalue weighted by Gasteiger charge is 2.35. The van der Waals surface area contributed by atoms with E-state index in [2.05, 4.69) is 9.88 Å². The van der Waals surface area contributed by atoms with Gasteiger partial charge in [0.1, 0.15) is 0 Å². The monoisotopic (exact) mass is 455 g/mol. The van der Waals surface area contributed by atoms with E-state index in [9.17, 15) is 4.79 Å². The minimum absolute atomic E-state index is 0.0622. The number of anilines is 1. The van der Waals surface area contributed by atoms with Gasteiger partial charge in [-0.25, -0.2) is 4.98 Å². The molecule has 7 nitrogen and oxygen atoms in total. The number of hydrogen-bond donors (Lipinski definition) is 1. The van der Waals surface area contributed by atoms with Crippen molar-refractivity contribution in [1.29, 1.82) is 0 Å². The number of fused-ring (bicyclic) bond motifs is 3. The second kappa shape index (κ2) is 8.59. The molecule has 0 spiro atoms. The molecule has 0 amide bonds. The second-order valence-electron chi connectivity index (χ2n) is 8.01. The lowest BCUT2D eigenvalue weighted by molar-refractivity contribution is 0.102. The number of Topliss-reactive ketones (excluding diaryl/α,β-unsaturated/α-hetero) is 1. The van der Waals surface area contributed by atoms with Gasteiger partial charge >= 0.3 is 0 Å². The molecule has 0 saturated heterocycles. The second-order valence-corrected chi connectivity index (χ2v) is 8.01. The smallest absolute Gasteiger partial charge is 0.209 e. The van der Waals surface area contributed by atoms with E-state index in [1.807, 2.05) is 73.7 Å². The Kier molecular flexibility index (Phi) is 5.45. The third kappa shape index (κ3) is 3.37. The maximum atomic E-state index is 13.9. The molecule has 1 atom stereocenters. The van der Waals surface area contributed by atoms with Crippen molar-refractivity contribution in [3.63, 3.8) is 0 Å². The predicted molar refractivity (Wildman–Crippen MR) is 131 cm³/mol. The number of nitrogens with zero attached hydrogens (tertiary/aromatic N) is 2. The molecule has 34 heavy (non-hydrogen) atoms. The van der Waals surface area contributed by atoms with Gasteiger partial charge in [-0.3, -0.25) is 9.36 Å². The minimum atomic E-state index is -0.468. The molecule has 172 valence electrons. The van der Waals surface area contributed by atoms with Gasteiger partial charge in [0.2, 0.25) is 11.7 Å². The zero-order valence-corrected chi connectivity index (χ0v) is 19.5. The Morgan fingerprint density at radius 3 is 2.21 bits per heavy atom. The number of hydrogen-bond acceptors (Lipinski definition) is 6. The van der Waals surface area contributed by atoms with Crippen molar-refractivity contribution in [2.75, 3.05) is 26.6 Å². The van der Waals surface area contributed by atoms with Crippen LogP contribution in [0.1, 0.15) is 28.9 Å². The van der Waals surface area contributed by atoms with E-state index in [1.54, 1.807) is 21.3 Å². The van der Waals surface area contributed by atoms with Crippen molar-refractivity contribution >= 4 is 22.8 Å². The van der Waals surface area contributed by atoms with Gasteiger partial charge in [-0.15, -0.1) is 0 Å². The lowest BCUT2D eigenvalue weighted by Gasteiger charge is -2.31. The van der Waals surface area contributed by atoms with E-state index in [-0.39, 0.29) is 5.78 Å². The SMILES string of the molecule is COc1cc([C@H]2C(C(=O)c3ccccc3)=C(C)Nc3nc4ccccc4n32)cc(OC)c1OC. The number of ether oxygens (including phenoxy) is 3. The Labute approximate surface area is 197 Å². The van der Waals surface area contributed by atoms with Crippen LogP contribution in [0.2, 0.25) is 0 Å². The maximum absolute atomic E-state index is 13.9. The maximum Gasteiger partial charge on any atom is 0.209 e. The van der Waals surface area contributed by atoms with Gasteiger partial charge in [0, 0.05) is 16.8 Å². The molecular weight excluding hydrogens is 430 g/mol. The fourth-order valence-corrected chi connectivity index (χ4v) is 4.58. The number of carbonyl (C=O) groups is 1. The van der Waals surface area contributed by atoms with Crippen molar-refractivity contribution in [1.82, 2.24) is 9.55 Å². The molecule has 0 bridgehead atoms. The van der Waals surface area contributed by atoms with Crippen LogP contribution in [0.15, 0.2) is 78.0 Å². The van der Waals surface area contributed by atoms with Crippen molar-refractivity contribution in [3.8, 4) is 17.2 Å². The summed E-state index contributed by atoms with van der Waals surface area (Å²) in [5, 5.41) is 3.35. The Morgan fingerprint density at radius 2 is 1.56 bits per heavy atom. The lowest BCUT2D eigenvalue weighted by Crippen LogP contribution is -2.28. The van der Waals surface area contributed by atoms with Gasteiger partial charge in [-0.1, -0.05) is 42.5 Å². The fraction of sp³-hybridized carbons (Fsp3) is 0.185. The Morgan fingerprint density at radius 1 is 0.912 bits per heavy atom. The van der Waals surface area contributed by atoms with Crippen LogP contribution in [-0.4, -0.2) is 36.7 Å². The average Bonchev–Trinajstić information content (AvgIpc) is 3.24. The molecular formula is C27H25N3O4. The summed E-state index contributed by atoms with van der Waals surface area (Å²) < 4.78 is 18.8. The van der Waals surface area contributed by atoms with Crippen molar-refractivity contribution in [2.24, 2.45) is 0 Å². The highest BCUT2D eigenvalue weighted by molar-refractivity contribution is 6.11. The molecule has 0 unspecified atom stereocenters. The minimum Gasteiger partial charge on any atom is -0.493 e. The highest BCUT2D eigenvalue weighted by atomic mass is 16.5. The molecule has 2 heterocycles. The topological polar surface area (TPSA) is 74.6 Å². The molecule has 7 heteroatoms. The molecule has 1 aliphatic rings. The summed E-state index contributed by atoms with van der Waals surface area (Å²) in [6.07, 6.45) is 0. The molecule has 1 N–H and O–H groups in total. The van der Waals surface area contributed by atoms with Gasteiger partial charge in [0.15, 0.2) is 17.3 Å². The fourth-order valence-electron chi connectivity index (χ4n) is 4.58. The summed E-state index contributed by atoms with van der Waals surface area (Å²) in [7, 11) is 4.73. The van der Waals surface area contributed by atoms with E-state index < -0.39 is 6.04 Å². The van der Waals surface area contributed by atoms with Gasteiger partial charge in [-0.05, 0) is 36.8 Å². The third-order valence-corrected chi connectivity index (χ3v) is 6.11. The van der Waals surface area contributed by atoms with Crippen molar-refractivity contribution in [3.05, 3.63) is 89.1 Å². The van der Waals surface area contributed by atoms with Gasteiger partial charge in [0.25, 0.3) is 0 Å². The van der Waals surface area contributed by atoms with Crippen LogP contribution >= 0.6 is 0 Å². The van der Waals surface area contributed by atoms with Crippen LogP contribution in [0, 0.1) is 0 Å². The molecule has 4 aromatic rings.